The van der Waals surface area contributed by atoms with E-state index < -0.39 is 0 Å². The summed E-state index contributed by atoms with van der Waals surface area (Å²) in [5.41, 5.74) is 4.18. The lowest BCUT2D eigenvalue weighted by atomic mass is 9.98. The molecular formula is C14H21Cl. The molecule has 15 heavy (non-hydrogen) atoms. The Kier molecular flexibility index (Phi) is 5.17. The average molecular weight is 225 g/mol. The molecular weight excluding hydrogens is 204 g/mol. The molecule has 0 spiro atoms. The summed E-state index contributed by atoms with van der Waals surface area (Å²) in [6, 6.07) is 6.48. The van der Waals surface area contributed by atoms with Gasteiger partial charge >= 0.3 is 0 Å². The first kappa shape index (κ1) is 12.6. The van der Waals surface area contributed by atoms with Gasteiger partial charge in [0.2, 0.25) is 0 Å². The van der Waals surface area contributed by atoms with Crippen molar-refractivity contribution in [2.24, 2.45) is 0 Å². The molecule has 1 rings (SSSR count). The molecule has 0 heterocycles. The first-order chi connectivity index (χ1) is 7.15. The molecule has 0 nitrogen and oxygen atoms in total. The van der Waals surface area contributed by atoms with Crippen molar-refractivity contribution in [3.8, 4) is 0 Å². The second-order valence-electron chi connectivity index (χ2n) is 4.30. The molecule has 0 aromatic heterocycles. The van der Waals surface area contributed by atoms with Crippen LogP contribution in [0.25, 0.3) is 0 Å². The summed E-state index contributed by atoms with van der Waals surface area (Å²) in [6.45, 7) is 6.56. The zero-order valence-corrected chi connectivity index (χ0v) is 10.8. The van der Waals surface area contributed by atoms with Gasteiger partial charge in [-0.3, -0.25) is 0 Å². The maximum absolute atomic E-state index is 6.32. The van der Waals surface area contributed by atoms with Crippen LogP contribution in [-0.4, -0.2) is 5.38 Å². The molecule has 0 aliphatic carbocycles. The third kappa shape index (κ3) is 3.87. The van der Waals surface area contributed by atoms with Crippen LogP contribution < -0.4 is 0 Å². The number of alkyl halides is 1. The van der Waals surface area contributed by atoms with E-state index >= 15 is 0 Å². The van der Waals surface area contributed by atoms with Crippen LogP contribution in [0, 0.1) is 13.8 Å². The summed E-state index contributed by atoms with van der Waals surface area (Å²) < 4.78 is 0. The second-order valence-corrected chi connectivity index (χ2v) is 4.92. The van der Waals surface area contributed by atoms with Gasteiger partial charge in [-0.25, -0.2) is 0 Å². The minimum absolute atomic E-state index is 0.297. The SMILES string of the molecule is CCCCC(Cl)Cc1cccc(C)c1C. The van der Waals surface area contributed by atoms with Gasteiger partial charge < -0.3 is 0 Å². The Labute approximate surface area is 98.7 Å². The van der Waals surface area contributed by atoms with Gasteiger partial charge in [-0.15, -0.1) is 11.6 Å². The molecule has 0 amide bonds. The number of unbranched alkanes of at least 4 members (excludes halogenated alkanes) is 1. The second kappa shape index (κ2) is 6.17. The highest BCUT2D eigenvalue weighted by molar-refractivity contribution is 6.20. The fourth-order valence-corrected chi connectivity index (χ4v) is 2.12. The highest BCUT2D eigenvalue weighted by Gasteiger charge is 2.08. The molecule has 0 bridgehead atoms. The third-order valence-electron chi connectivity index (χ3n) is 3.03. The van der Waals surface area contributed by atoms with Crippen molar-refractivity contribution in [2.45, 2.75) is 51.8 Å². The van der Waals surface area contributed by atoms with Crippen LogP contribution >= 0.6 is 11.6 Å². The maximum Gasteiger partial charge on any atom is 0.0376 e. The standard InChI is InChI=1S/C14H21Cl/c1-4-5-9-14(15)10-13-8-6-7-11(2)12(13)3/h6-8,14H,4-5,9-10H2,1-3H3. The van der Waals surface area contributed by atoms with Gasteiger partial charge in [-0.05, 0) is 43.4 Å². The van der Waals surface area contributed by atoms with E-state index in [9.17, 15) is 0 Å². The van der Waals surface area contributed by atoms with E-state index in [-0.39, 0.29) is 0 Å². The first-order valence-corrected chi connectivity index (χ1v) is 6.28. The van der Waals surface area contributed by atoms with Crippen LogP contribution in [0.5, 0.6) is 0 Å². The highest BCUT2D eigenvalue weighted by atomic mass is 35.5. The summed E-state index contributed by atoms with van der Waals surface area (Å²) in [5.74, 6) is 0. The Bertz CT molecular complexity index is 304. The van der Waals surface area contributed by atoms with Crippen molar-refractivity contribution in [3.05, 3.63) is 34.9 Å². The van der Waals surface area contributed by atoms with E-state index in [1.165, 1.54) is 29.5 Å². The number of benzene rings is 1. The lowest BCUT2D eigenvalue weighted by Gasteiger charge is -2.12. The summed E-state index contributed by atoms with van der Waals surface area (Å²) in [6.07, 6.45) is 4.61. The first-order valence-electron chi connectivity index (χ1n) is 5.84. The van der Waals surface area contributed by atoms with Gasteiger partial charge in [0.1, 0.15) is 0 Å². The number of rotatable bonds is 5. The van der Waals surface area contributed by atoms with E-state index in [1.807, 2.05) is 0 Å². The zero-order chi connectivity index (χ0) is 11.3. The van der Waals surface area contributed by atoms with E-state index in [2.05, 4.69) is 39.0 Å². The fourth-order valence-electron chi connectivity index (χ4n) is 1.80. The van der Waals surface area contributed by atoms with Gasteiger partial charge in [-0.1, -0.05) is 38.0 Å². The average Bonchev–Trinajstić information content (AvgIpc) is 2.22. The molecule has 1 atom stereocenters. The van der Waals surface area contributed by atoms with Gasteiger partial charge in [-0.2, -0.15) is 0 Å². The molecule has 0 saturated heterocycles. The summed E-state index contributed by atoms with van der Waals surface area (Å²) in [5, 5.41) is 0.297. The predicted octanol–water partition coefficient (Wildman–Crippen LogP) is 4.64. The molecule has 0 aliphatic rings. The van der Waals surface area contributed by atoms with Crippen molar-refractivity contribution in [3.63, 3.8) is 0 Å². The van der Waals surface area contributed by atoms with Gasteiger partial charge in [0.15, 0.2) is 0 Å². The van der Waals surface area contributed by atoms with Crippen LogP contribution in [0.3, 0.4) is 0 Å². The van der Waals surface area contributed by atoms with E-state index in [0.717, 1.165) is 12.8 Å². The smallest absolute Gasteiger partial charge is 0.0376 e. The molecule has 1 aromatic carbocycles. The molecule has 1 unspecified atom stereocenters. The quantitative estimate of drug-likeness (QED) is 0.639. The molecule has 1 aromatic rings. The van der Waals surface area contributed by atoms with Crippen LogP contribution in [-0.2, 0) is 6.42 Å². The number of halogens is 1. The van der Waals surface area contributed by atoms with Crippen molar-refractivity contribution in [1.82, 2.24) is 0 Å². The van der Waals surface area contributed by atoms with Gasteiger partial charge in [0.25, 0.3) is 0 Å². The Morgan fingerprint density at radius 3 is 2.67 bits per heavy atom. The Morgan fingerprint density at radius 2 is 2.00 bits per heavy atom. The molecule has 0 radical (unpaired) electrons. The fraction of sp³-hybridized carbons (Fsp3) is 0.571. The summed E-state index contributed by atoms with van der Waals surface area (Å²) in [4.78, 5) is 0. The monoisotopic (exact) mass is 224 g/mol. The van der Waals surface area contributed by atoms with E-state index in [4.69, 9.17) is 11.6 Å². The normalized spacial score (nSPS) is 12.8. The molecule has 0 aliphatic heterocycles. The van der Waals surface area contributed by atoms with Gasteiger partial charge in [0.05, 0.1) is 0 Å². The van der Waals surface area contributed by atoms with Crippen molar-refractivity contribution in [1.29, 1.82) is 0 Å². The minimum Gasteiger partial charge on any atom is -0.123 e. The highest BCUT2D eigenvalue weighted by Crippen LogP contribution is 2.19. The van der Waals surface area contributed by atoms with Crippen molar-refractivity contribution in [2.75, 3.05) is 0 Å². The molecule has 84 valence electrons. The summed E-state index contributed by atoms with van der Waals surface area (Å²) in [7, 11) is 0. The van der Waals surface area contributed by atoms with Crippen LogP contribution in [0.15, 0.2) is 18.2 Å². The van der Waals surface area contributed by atoms with E-state index in [1.54, 1.807) is 0 Å². The topological polar surface area (TPSA) is 0 Å². The lowest BCUT2D eigenvalue weighted by Crippen LogP contribution is -2.05. The molecule has 0 fully saturated rings. The van der Waals surface area contributed by atoms with Crippen molar-refractivity contribution < 1.29 is 0 Å². The molecule has 1 heteroatoms. The van der Waals surface area contributed by atoms with Crippen LogP contribution in [0.1, 0.15) is 42.9 Å². The largest absolute Gasteiger partial charge is 0.123 e. The Balaban J connectivity index is 2.60. The maximum atomic E-state index is 6.32. The number of hydrogen-bond acceptors (Lipinski definition) is 0. The van der Waals surface area contributed by atoms with E-state index in [0.29, 0.717) is 5.38 Å². The zero-order valence-electron chi connectivity index (χ0n) is 10.0. The molecule has 0 N–H and O–H groups in total. The number of hydrogen-bond donors (Lipinski definition) is 0. The number of aryl methyl sites for hydroxylation is 1. The predicted molar refractivity (Wildman–Crippen MR) is 68.8 cm³/mol. The summed E-state index contributed by atoms with van der Waals surface area (Å²) >= 11 is 6.32. The van der Waals surface area contributed by atoms with Gasteiger partial charge in [0, 0.05) is 5.38 Å². The lowest BCUT2D eigenvalue weighted by molar-refractivity contribution is 0.672. The van der Waals surface area contributed by atoms with Crippen LogP contribution in [0.2, 0.25) is 0 Å². The van der Waals surface area contributed by atoms with Crippen molar-refractivity contribution >= 4 is 11.6 Å². The van der Waals surface area contributed by atoms with Crippen LogP contribution in [0.4, 0.5) is 0 Å². The molecule has 0 saturated carbocycles. The minimum atomic E-state index is 0.297. The third-order valence-corrected chi connectivity index (χ3v) is 3.40. The Morgan fingerprint density at radius 1 is 1.27 bits per heavy atom. The Hall–Kier alpha value is -0.490.